The van der Waals surface area contributed by atoms with Crippen molar-refractivity contribution in [2.45, 2.75) is 6.54 Å². The third kappa shape index (κ3) is 4.13. The van der Waals surface area contributed by atoms with E-state index in [-0.39, 0.29) is 36.7 Å². The van der Waals surface area contributed by atoms with Crippen LogP contribution in [0.2, 0.25) is 5.02 Å². The Balaban J connectivity index is 2.00. The number of benzene rings is 2. The van der Waals surface area contributed by atoms with Crippen LogP contribution in [0.4, 0.5) is 5.69 Å². The molecule has 0 saturated heterocycles. The topological polar surface area (TPSA) is 104 Å². The summed E-state index contributed by atoms with van der Waals surface area (Å²) >= 11 is 5.89. The van der Waals surface area contributed by atoms with Crippen LogP contribution >= 0.6 is 11.6 Å². The summed E-state index contributed by atoms with van der Waals surface area (Å²) in [5, 5.41) is 20.7. The van der Waals surface area contributed by atoms with E-state index in [1.807, 2.05) is 0 Å². The molecule has 2 aromatic carbocycles. The molecular formula is C20H18ClN3O5. The average Bonchev–Trinajstić information content (AvgIpc) is 2.94. The van der Waals surface area contributed by atoms with Gasteiger partial charge in [-0.05, 0) is 35.4 Å². The highest BCUT2D eigenvalue weighted by Gasteiger charge is 2.40. The van der Waals surface area contributed by atoms with Gasteiger partial charge in [0.15, 0.2) is 0 Å². The lowest BCUT2D eigenvalue weighted by atomic mass is 10.0. The molecule has 0 aromatic heterocycles. The molecule has 29 heavy (non-hydrogen) atoms. The normalized spacial score (nSPS) is 14.0. The summed E-state index contributed by atoms with van der Waals surface area (Å²) < 4.78 is 0. The van der Waals surface area contributed by atoms with Crippen molar-refractivity contribution in [2.24, 2.45) is 0 Å². The number of aliphatic hydroxyl groups excluding tert-OH is 1. The fourth-order valence-corrected chi connectivity index (χ4v) is 3.23. The maximum absolute atomic E-state index is 13.1. The number of amides is 2. The Hall–Kier alpha value is -3.23. The molecule has 150 valence electrons. The van der Waals surface area contributed by atoms with E-state index < -0.39 is 16.7 Å². The smallest absolute Gasteiger partial charge is 0.278 e. The molecule has 2 aromatic rings. The van der Waals surface area contributed by atoms with Crippen LogP contribution in [0, 0.1) is 10.1 Å². The summed E-state index contributed by atoms with van der Waals surface area (Å²) in [5.41, 5.74) is 1.30. The zero-order chi connectivity index (χ0) is 21.1. The maximum Gasteiger partial charge on any atom is 0.278 e. The van der Waals surface area contributed by atoms with Crippen LogP contribution in [0.1, 0.15) is 11.1 Å². The van der Waals surface area contributed by atoms with Crippen molar-refractivity contribution in [3.63, 3.8) is 0 Å². The summed E-state index contributed by atoms with van der Waals surface area (Å²) in [5.74, 6) is -0.993. The van der Waals surface area contributed by atoms with Crippen molar-refractivity contribution in [1.29, 1.82) is 0 Å². The number of rotatable bonds is 7. The largest absolute Gasteiger partial charge is 0.395 e. The molecule has 1 N–H and O–H groups in total. The van der Waals surface area contributed by atoms with E-state index in [9.17, 15) is 24.8 Å². The third-order valence-corrected chi connectivity index (χ3v) is 4.83. The van der Waals surface area contributed by atoms with Gasteiger partial charge in [0.2, 0.25) is 0 Å². The molecule has 2 amide bonds. The van der Waals surface area contributed by atoms with Gasteiger partial charge < -0.3 is 10.0 Å². The van der Waals surface area contributed by atoms with Gasteiger partial charge in [-0.15, -0.1) is 0 Å². The van der Waals surface area contributed by atoms with Gasteiger partial charge in [0.1, 0.15) is 5.70 Å². The van der Waals surface area contributed by atoms with Gasteiger partial charge in [-0.3, -0.25) is 24.6 Å². The quantitative estimate of drug-likeness (QED) is 0.423. The zero-order valence-electron chi connectivity index (χ0n) is 15.5. The molecule has 1 aliphatic heterocycles. The molecule has 0 bridgehead atoms. The van der Waals surface area contributed by atoms with Crippen LogP contribution in [-0.2, 0) is 16.1 Å². The highest BCUT2D eigenvalue weighted by molar-refractivity contribution is 6.35. The second-order valence-corrected chi connectivity index (χ2v) is 6.93. The SMILES string of the molecule is CN(CCO)C1=C(c2ccc([N+](=O)[O-])cc2)C(=O)N(Cc2ccc(Cl)cc2)C1=O. The first-order valence-corrected chi connectivity index (χ1v) is 9.13. The van der Waals surface area contributed by atoms with Gasteiger partial charge in [0.05, 0.1) is 23.6 Å². The molecule has 0 atom stereocenters. The first-order chi connectivity index (χ1) is 13.8. The van der Waals surface area contributed by atoms with E-state index in [0.29, 0.717) is 10.6 Å². The Bertz CT molecular complexity index is 986. The number of nitro benzene ring substituents is 1. The molecule has 0 saturated carbocycles. The predicted octanol–water partition coefficient (Wildman–Crippen LogP) is 2.45. The average molecular weight is 416 g/mol. The molecule has 0 aliphatic carbocycles. The van der Waals surface area contributed by atoms with E-state index in [2.05, 4.69) is 0 Å². The number of nitro groups is 1. The van der Waals surface area contributed by atoms with Crippen molar-refractivity contribution in [3.05, 3.63) is 80.5 Å². The number of halogens is 1. The van der Waals surface area contributed by atoms with Gasteiger partial charge in [-0.25, -0.2) is 0 Å². The number of nitrogens with zero attached hydrogens (tertiary/aromatic N) is 3. The molecule has 8 nitrogen and oxygen atoms in total. The molecular weight excluding hydrogens is 398 g/mol. The van der Waals surface area contributed by atoms with E-state index in [4.69, 9.17) is 11.6 Å². The fourth-order valence-electron chi connectivity index (χ4n) is 3.11. The highest BCUT2D eigenvalue weighted by Crippen LogP contribution is 2.33. The molecule has 0 unspecified atom stereocenters. The van der Waals surface area contributed by atoms with E-state index in [1.54, 1.807) is 31.3 Å². The number of hydrogen-bond donors (Lipinski definition) is 1. The fraction of sp³-hybridized carbons (Fsp3) is 0.200. The second-order valence-electron chi connectivity index (χ2n) is 6.50. The van der Waals surface area contributed by atoms with Crippen molar-refractivity contribution in [1.82, 2.24) is 9.80 Å². The third-order valence-electron chi connectivity index (χ3n) is 4.58. The Kier molecular flexibility index (Phi) is 5.95. The van der Waals surface area contributed by atoms with Crippen LogP contribution in [0.5, 0.6) is 0 Å². The monoisotopic (exact) mass is 415 g/mol. The van der Waals surface area contributed by atoms with Gasteiger partial charge in [-0.2, -0.15) is 0 Å². The van der Waals surface area contributed by atoms with Crippen LogP contribution in [-0.4, -0.2) is 51.8 Å². The first-order valence-electron chi connectivity index (χ1n) is 8.75. The Morgan fingerprint density at radius 1 is 1.07 bits per heavy atom. The summed E-state index contributed by atoms with van der Waals surface area (Å²) in [4.78, 5) is 39.2. The number of carbonyl (C=O) groups is 2. The van der Waals surface area contributed by atoms with Gasteiger partial charge in [0, 0.05) is 30.7 Å². The standard InChI is InChI=1S/C20H18ClN3O5/c1-22(10-11-25)18-17(14-4-8-16(9-5-14)24(28)29)19(26)23(20(18)27)12-13-2-6-15(21)7-3-13/h2-9,25H,10-12H2,1H3. The maximum atomic E-state index is 13.1. The molecule has 0 spiro atoms. The Labute approximate surface area is 171 Å². The summed E-state index contributed by atoms with van der Waals surface area (Å²) in [6.45, 7) is 0.00754. The van der Waals surface area contributed by atoms with E-state index >= 15 is 0 Å². The first kappa shape index (κ1) is 20.5. The molecule has 1 heterocycles. The number of carbonyl (C=O) groups excluding carboxylic acids is 2. The Morgan fingerprint density at radius 3 is 2.24 bits per heavy atom. The molecule has 9 heteroatoms. The number of hydrogen-bond acceptors (Lipinski definition) is 6. The summed E-state index contributed by atoms with van der Waals surface area (Å²) in [6.07, 6.45) is 0. The number of aliphatic hydroxyl groups is 1. The van der Waals surface area contributed by atoms with Crippen LogP contribution in [0.3, 0.4) is 0 Å². The van der Waals surface area contributed by atoms with Crippen molar-refractivity contribution in [3.8, 4) is 0 Å². The molecule has 3 rings (SSSR count). The van der Waals surface area contributed by atoms with Crippen molar-refractivity contribution < 1.29 is 19.6 Å². The minimum absolute atomic E-state index is 0.0573. The zero-order valence-corrected chi connectivity index (χ0v) is 16.3. The summed E-state index contributed by atoms with van der Waals surface area (Å²) in [7, 11) is 1.61. The molecule has 1 aliphatic rings. The van der Waals surface area contributed by atoms with Crippen LogP contribution in [0.15, 0.2) is 54.2 Å². The molecule has 0 radical (unpaired) electrons. The lowest BCUT2D eigenvalue weighted by Gasteiger charge is -2.20. The minimum atomic E-state index is -0.536. The lowest BCUT2D eigenvalue weighted by Crippen LogP contribution is -2.34. The van der Waals surface area contributed by atoms with Gasteiger partial charge >= 0.3 is 0 Å². The van der Waals surface area contributed by atoms with Crippen LogP contribution < -0.4 is 0 Å². The van der Waals surface area contributed by atoms with Gasteiger partial charge in [-0.1, -0.05) is 23.7 Å². The number of imide groups is 1. The van der Waals surface area contributed by atoms with Gasteiger partial charge in [0.25, 0.3) is 17.5 Å². The minimum Gasteiger partial charge on any atom is -0.395 e. The van der Waals surface area contributed by atoms with Crippen molar-refractivity contribution in [2.75, 3.05) is 20.2 Å². The lowest BCUT2D eigenvalue weighted by molar-refractivity contribution is -0.384. The Morgan fingerprint density at radius 2 is 1.69 bits per heavy atom. The van der Waals surface area contributed by atoms with E-state index in [0.717, 1.165) is 10.5 Å². The second kappa shape index (κ2) is 8.42. The predicted molar refractivity (Wildman–Crippen MR) is 107 cm³/mol. The highest BCUT2D eigenvalue weighted by atomic mass is 35.5. The van der Waals surface area contributed by atoms with Crippen molar-refractivity contribution >= 4 is 34.7 Å². The van der Waals surface area contributed by atoms with E-state index in [1.165, 1.54) is 29.2 Å². The number of likely N-dealkylation sites (N-methyl/N-ethyl adjacent to an activating group) is 1. The summed E-state index contributed by atoms with van der Waals surface area (Å²) in [6, 6.07) is 12.2. The number of non-ortho nitro benzene ring substituents is 1. The van der Waals surface area contributed by atoms with Crippen LogP contribution in [0.25, 0.3) is 5.57 Å². The molecule has 0 fully saturated rings.